The molecule has 0 aliphatic rings. The van der Waals surface area contributed by atoms with Crippen LogP contribution in [0.2, 0.25) is 5.02 Å². The molecule has 5 nitrogen and oxygen atoms in total. The van der Waals surface area contributed by atoms with Crippen LogP contribution in [0.4, 0.5) is 5.69 Å². The molecule has 0 spiro atoms. The summed E-state index contributed by atoms with van der Waals surface area (Å²) in [5.74, 6) is 0.303. The maximum Gasteiger partial charge on any atom is 0.313 e. The lowest BCUT2D eigenvalue weighted by Crippen LogP contribution is -2.18. The second-order valence-corrected chi connectivity index (χ2v) is 4.94. The van der Waals surface area contributed by atoms with Gasteiger partial charge in [-0.1, -0.05) is 18.5 Å². The SMILES string of the molecule is CC(CN)COc1c(Br)cc(Cl)cc1[N+](=O)[O-]. The molecule has 7 heteroatoms. The van der Waals surface area contributed by atoms with E-state index in [0.29, 0.717) is 17.6 Å². The van der Waals surface area contributed by atoms with E-state index in [-0.39, 0.29) is 22.4 Å². The quantitative estimate of drug-likeness (QED) is 0.667. The average molecular weight is 324 g/mol. The number of nitrogens with zero attached hydrogens (tertiary/aromatic N) is 1. The molecule has 0 heterocycles. The Morgan fingerprint density at radius 2 is 2.29 bits per heavy atom. The predicted molar refractivity (Wildman–Crippen MR) is 69.5 cm³/mol. The fourth-order valence-corrected chi connectivity index (χ4v) is 2.03. The first-order chi connectivity index (χ1) is 7.95. The summed E-state index contributed by atoms with van der Waals surface area (Å²) in [6, 6.07) is 2.81. The zero-order valence-electron chi connectivity index (χ0n) is 9.15. The van der Waals surface area contributed by atoms with Crippen LogP contribution in [0.15, 0.2) is 16.6 Å². The number of ether oxygens (including phenoxy) is 1. The molecular formula is C10H12BrClN2O3. The topological polar surface area (TPSA) is 78.4 Å². The fourth-order valence-electron chi connectivity index (χ4n) is 1.12. The molecule has 2 N–H and O–H groups in total. The van der Waals surface area contributed by atoms with Gasteiger partial charge in [0, 0.05) is 17.0 Å². The van der Waals surface area contributed by atoms with Crippen LogP contribution in [0.1, 0.15) is 6.92 Å². The van der Waals surface area contributed by atoms with Crippen molar-refractivity contribution < 1.29 is 9.66 Å². The van der Waals surface area contributed by atoms with E-state index in [0.717, 1.165) is 0 Å². The molecule has 0 radical (unpaired) electrons. The standard InChI is InChI=1S/C10H12BrClN2O3/c1-6(4-13)5-17-10-8(11)2-7(12)3-9(10)14(15)16/h2-3,6H,4-5,13H2,1H3. The number of halogens is 2. The highest BCUT2D eigenvalue weighted by Crippen LogP contribution is 2.38. The van der Waals surface area contributed by atoms with E-state index >= 15 is 0 Å². The molecule has 17 heavy (non-hydrogen) atoms. The molecule has 0 fully saturated rings. The Morgan fingerprint density at radius 1 is 1.65 bits per heavy atom. The Kier molecular flexibility index (Phi) is 5.17. The number of nitrogens with two attached hydrogens (primary N) is 1. The third kappa shape index (κ3) is 3.83. The summed E-state index contributed by atoms with van der Waals surface area (Å²) in [6.45, 7) is 2.67. The summed E-state index contributed by atoms with van der Waals surface area (Å²) >= 11 is 8.94. The number of hydrogen-bond donors (Lipinski definition) is 1. The van der Waals surface area contributed by atoms with Gasteiger partial charge in [-0.15, -0.1) is 0 Å². The molecule has 0 saturated heterocycles. The number of benzene rings is 1. The summed E-state index contributed by atoms with van der Waals surface area (Å²) in [5, 5.41) is 11.1. The van der Waals surface area contributed by atoms with E-state index in [9.17, 15) is 10.1 Å². The van der Waals surface area contributed by atoms with E-state index in [1.54, 1.807) is 6.07 Å². The van der Waals surface area contributed by atoms with Gasteiger partial charge in [0.2, 0.25) is 5.75 Å². The van der Waals surface area contributed by atoms with Crippen molar-refractivity contribution in [2.24, 2.45) is 11.7 Å². The van der Waals surface area contributed by atoms with Gasteiger partial charge in [0.15, 0.2) is 0 Å². The van der Waals surface area contributed by atoms with Crippen molar-refractivity contribution in [3.05, 3.63) is 31.7 Å². The summed E-state index contributed by atoms with van der Waals surface area (Å²) in [5.41, 5.74) is 5.29. The van der Waals surface area contributed by atoms with Crippen LogP contribution in [-0.2, 0) is 0 Å². The number of nitro benzene ring substituents is 1. The number of nitro groups is 1. The second kappa shape index (κ2) is 6.18. The molecular weight excluding hydrogens is 311 g/mol. The van der Waals surface area contributed by atoms with E-state index in [4.69, 9.17) is 22.1 Å². The zero-order chi connectivity index (χ0) is 13.0. The van der Waals surface area contributed by atoms with Crippen LogP contribution in [-0.4, -0.2) is 18.1 Å². The molecule has 0 amide bonds. The smallest absolute Gasteiger partial charge is 0.313 e. The normalized spacial score (nSPS) is 12.2. The summed E-state index contributed by atoms with van der Waals surface area (Å²) < 4.78 is 5.87. The van der Waals surface area contributed by atoms with Crippen molar-refractivity contribution in [1.82, 2.24) is 0 Å². The van der Waals surface area contributed by atoms with Crippen molar-refractivity contribution in [2.75, 3.05) is 13.2 Å². The van der Waals surface area contributed by atoms with Gasteiger partial charge in [0.05, 0.1) is 16.0 Å². The Bertz CT molecular complexity index is 428. The molecule has 0 aromatic heterocycles. The van der Waals surface area contributed by atoms with Crippen molar-refractivity contribution in [3.8, 4) is 5.75 Å². The van der Waals surface area contributed by atoms with Gasteiger partial charge in [-0.2, -0.15) is 0 Å². The molecule has 1 aromatic rings. The minimum atomic E-state index is -0.529. The van der Waals surface area contributed by atoms with Crippen molar-refractivity contribution >= 4 is 33.2 Å². The van der Waals surface area contributed by atoms with E-state index in [2.05, 4.69) is 15.9 Å². The highest BCUT2D eigenvalue weighted by atomic mass is 79.9. The van der Waals surface area contributed by atoms with Crippen LogP contribution in [0.25, 0.3) is 0 Å². The average Bonchev–Trinajstić information content (AvgIpc) is 2.26. The van der Waals surface area contributed by atoms with Crippen LogP contribution >= 0.6 is 27.5 Å². The summed E-state index contributed by atoms with van der Waals surface area (Å²) in [6.07, 6.45) is 0. The maximum atomic E-state index is 10.9. The van der Waals surface area contributed by atoms with Gasteiger partial charge >= 0.3 is 5.69 Å². The molecule has 1 aromatic carbocycles. The molecule has 1 unspecified atom stereocenters. The zero-order valence-corrected chi connectivity index (χ0v) is 11.5. The number of hydrogen-bond acceptors (Lipinski definition) is 4. The van der Waals surface area contributed by atoms with Crippen LogP contribution in [0.3, 0.4) is 0 Å². The third-order valence-corrected chi connectivity index (χ3v) is 2.91. The van der Waals surface area contributed by atoms with Crippen LogP contribution in [0, 0.1) is 16.0 Å². The van der Waals surface area contributed by atoms with Gasteiger partial charge in [0.1, 0.15) is 0 Å². The maximum absolute atomic E-state index is 10.9. The van der Waals surface area contributed by atoms with Crippen LogP contribution in [0.5, 0.6) is 5.75 Å². The van der Waals surface area contributed by atoms with Crippen LogP contribution < -0.4 is 10.5 Å². The first-order valence-electron chi connectivity index (χ1n) is 4.92. The van der Waals surface area contributed by atoms with Crippen molar-refractivity contribution in [1.29, 1.82) is 0 Å². The third-order valence-electron chi connectivity index (χ3n) is 2.10. The Labute approximate surface area is 112 Å². The van der Waals surface area contributed by atoms with E-state index < -0.39 is 4.92 Å². The van der Waals surface area contributed by atoms with Crippen molar-refractivity contribution in [3.63, 3.8) is 0 Å². The highest BCUT2D eigenvalue weighted by Gasteiger charge is 2.20. The fraction of sp³-hybridized carbons (Fsp3) is 0.400. The molecule has 0 aliphatic heterocycles. The lowest BCUT2D eigenvalue weighted by Gasteiger charge is -2.12. The summed E-state index contributed by atoms with van der Waals surface area (Å²) in [7, 11) is 0. The lowest BCUT2D eigenvalue weighted by molar-refractivity contribution is -0.386. The molecule has 0 bridgehead atoms. The van der Waals surface area contributed by atoms with Gasteiger partial charge in [-0.05, 0) is 28.5 Å². The predicted octanol–water partition coefficient (Wildman–Crippen LogP) is 2.98. The first-order valence-corrected chi connectivity index (χ1v) is 6.09. The first kappa shape index (κ1) is 14.2. The molecule has 1 atom stereocenters. The van der Waals surface area contributed by atoms with Crippen molar-refractivity contribution in [2.45, 2.75) is 6.92 Å². The summed E-state index contributed by atoms with van der Waals surface area (Å²) in [4.78, 5) is 10.3. The van der Waals surface area contributed by atoms with E-state index in [1.165, 1.54) is 6.07 Å². The van der Waals surface area contributed by atoms with Gasteiger partial charge < -0.3 is 10.5 Å². The Morgan fingerprint density at radius 3 is 2.82 bits per heavy atom. The van der Waals surface area contributed by atoms with E-state index in [1.807, 2.05) is 6.92 Å². The van der Waals surface area contributed by atoms with Gasteiger partial charge in [0.25, 0.3) is 0 Å². The van der Waals surface area contributed by atoms with Gasteiger partial charge in [-0.3, -0.25) is 10.1 Å². The van der Waals surface area contributed by atoms with Gasteiger partial charge in [-0.25, -0.2) is 0 Å². The molecule has 94 valence electrons. The Balaban J connectivity index is 3.00. The highest BCUT2D eigenvalue weighted by molar-refractivity contribution is 9.10. The minimum Gasteiger partial charge on any atom is -0.486 e. The largest absolute Gasteiger partial charge is 0.486 e. The molecule has 0 saturated carbocycles. The molecule has 0 aliphatic carbocycles. The Hall–Kier alpha value is -0.850. The molecule has 1 rings (SSSR count). The minimum absolute atomic E-state index is 0.122. The lowest BCUT2D eigenvalue weighted by atomic mass is 10.2. The monoisotopic (exact) mass is 322 g/mol. The number of rotatable bonds is 5. The second-order valence-electron chi connectivity index (χ2n) is 3.64.